The van der Waals surface area contributed by atoms with E-state index in [1.54, 1.807) is 0 Å². The van der Waals surface area contributed by atoms with Crippen LogP contribution in [0.1, 0.15) is 6.92 Å². The molecule has 1 heterocycles. The molecule has 0 aromatic heterocycles. The fourth-order valence-electron chi connectivity index (χ4n) is 1.16. The lowest BCUT2D eigenvalue weighted by molar-refractivity contribution is 0.188. The van der Waals surface area contributed by atoms with Crippen LogP contribution in [-0.4, -0.2) is 30.3 Å². The van der Waals surface area contributed by atoms with Gasteiger partial charge >= 0.3 is 6.09 Å². The quantitative estimate of drug-likeness (QED) is 0.480. The van der Waals surface area contributed by atoms with Crippen molar-refractivity contribution in [1.82, 2.24) is 10.6 Å². The lowest BCUT2D eigenvalue weighted by Gasteiger charge is -2.12. The second-order valence-corrected chi connectivity index (χ2v) is 2.69. The maximum Gasteiger partial charge on any atom is 0.404 e. The summed E-state index contributed by atoms with van der Waals surface area (Å²) in [6, 6.07) is 0.0949. The highest BCUT2D eigenvalue weighted by molar-refractivity contribution is 5.65. The first-order valence-corrected chi connectivity index (χ1v) is 3.40. The van der Waals surface area contributed by atoms with Crippen molar-refractivity contribution in [2.75, 3.05) is 13.1 Å². The number of carboxylic acid groups (broad SMARTS) is 1. The summed E-state index contributed by atoms with van der Waals surface area (Å²) in [5.74, 6) is 0.413. The number of nitrogens with one attached hydrogen (secondary N) is 2. The van der Waals surface area contributed by atoms with Crippen LogP contribution in [0.2, 0.25) is 0 Å². The lowest BCUT2D eigenvalue weighted by Crippen LogP contribution is -2.38. The van der Waals surface area contributed by atoms with Gasteiger partial charge in [-0.05, 0) is 12.5 Å². The molecule has 0 bridgehead atoms. The third-order valence-electron chi connectivity index (χ3n) is 1.83. The molecule has 0 unspecified atom stereocenters. The van der Waals surface area contributed by atoms with E-state index >= 15 is 0 Å². The fraction of sp³-hybridized carbons (Fsp3) is 0.833. The first-order valence-electron chi connectivity index (χ1n) is 3.40. The molecule has 0 radical (unpaired) electrons. The summed E-state index contributed by atoms with van der Waals surface area (Å²) in [5, 5.41) is 13.9. The van der Waals surface area contributed by atoms with E-state index < -0.39 is 6.09 Å². The van der Waals surface area contributed by atoms with E-state index in [-0.39, 0.29) is 6.04 Å². The zero-order valence-electron chi connectivity index (χ0n) is 5.92. The van der Waals surface area contributed by atoms with Crippen LogP contribution in [0.15, 0.2) is 0 Å². The van der Waals surface area contributed by atoms with Gasteiger partial charge in [0.2, 0.25) is 0 Å². The summed E-state index contributed by atoms with van der Waals surface area (Å²) < 4.78 is 0. The Morgan fingerprint density at radius 3 is 2.80 bits per heavy atom. The molecular formula is C6H12N2O2. The fourth-order valence-corrected chi connectivity index (χ4v) is 1.16. The second kappa shape index (κ2) is 2.88. The van der Waals surface area contributed by atoms with Gasteiger partial charge in [0.15, 0.2) is 0 Å². The van der Waals surface area contributed by atoms with Gasteiger partial charge in [-0.1, -0.05) is 6.92 Å². The van der Waals surface area contributed by atoms with Crippen LogP contribution in [0, 0.1) is 5.92 Å². The molecule has 0 aromatic rings. The Kier molecular flexibility index (Phi) is 2.11. The van der Waals surface area contributed by atoms with E-state index in [1.807, 2.05) is 6.92 Å². The number of amides is 1. The van der Waals surface area contributed by atoms with Crippen molar-refractivity contribution in [3.8, 4) is 0 Å². The van der Waals surface area contributed by atoms with Gasteiger partial charge in [0.25, 0.3) is 0 Å². The monoisotopic (exact) mass is 144 g/mol. The molecule has 1 rings (SSSR count). The molecule has 4 nitrogen and oxygen atoms in total. The highest BCUT2D eigenvalue weighted by Crippen LogP contribution is 2.06. The number of rotatable bonds is 1. The van der Waals surface area contributed by atoms with Crippen LogP contribution < -0.4 is 10.6 Å². The summed E-state index contributed by atoms with van der Waals surface area (Å²) in [5.41, 5.74) is 0. The minimum atomic E-state index is -0.930. The number of carbonyl (C=O) groups is 1. The molecule has 0 aliphatic carbocycles. The molecule has 58 valence electrons. The SMILES string of the molecule is C[C@H]1CNC[C@H]1NC(=O)O. The normalized spacial score (nSPS) is 32.1. The van der Waals surface area contributed by atoms with Crippen LogP contribution >= 0.6 is 0 Å². The van der Waals surface area contributed by atoms with Gasteiger partial charge < -0.3 is 15.7 Å². The van der Waals surface area contributed by atoms with Gasteiger partial charge in [-0.15, -0.1) is 0 Å². The predicted octanol–water partition coefficient (Wildman–Crippen LogP) is -0.138. The summed E-state index contributed by atoms with van der Waals surface area (Å²) >= 11 is 0. The lowest BCUT2D eigenvalue weighted by atomic mass is 10.1. The topological polar surface area (TPSA) is 61.4 Å². The highest BCUT2D eigenvalue weighted by Gasteiger charge is 2.23. The molecule has 1 aliphatic rings. The molecule has 4 heteroatoms. The van der Waals surface area contributed by atoms with Crippen molar-refractivity contribution in [2.24, 2.45) is 5.92 Å². The first-order chi connectivity index (χ1) is 4.70. The molecule has 3 N–H and O–H groups in total. The van der Waals surface area contributed by atoms with Gasteiger partial charge in [-0.3, -0.25) is 0 Å². The Bertz CT molecular complexity index is 138. The maximum atomic E-state index is 10.2. The van der Waals surface area contributed by atoms with Crippen molar-refractivity contribution in [1.29, 1.82) is 0 Å². The van der Waals surface area contributed by atoms with Crippen LogP contribution in [-0.2, 0) is 0 Å². The van der Waals surface area contributed by atoms with E-state index in [0.29, 0.717) is 5.92 Å². The van der Waals surface area contributed by atoms with E-state index in [2.05, 4.69) is 10.6 Å². The zero-order valence-corrected chi connectivity index (χ0v) is 5.92. The zero-order chi connectivity index (χ0) is 7.56. The van der Waals surface area contributed by atoms with Crippen LogP contribution in [0.25, 0.3) is 0 Å². The molecule has 0 spiro atoms. The second-order valence-electron chi connectivity index (χ2n) is 2.69. The average Bonchev–Trinajstić information content (AvgIpc) is 2.15. The molecule has 0 aromatic carbocycles. The van der Waals surface area contributed by atoms with E-state index in [9.17, 15) is 4.79 Å². The Balaban J connectivity index is 2.33. The standard InChI is InChI=1S/C6H12N2O2/c1-4-2-7-3-5(4)8-6(9)10/h4-5,7-8H,2-3H2,1H3,(H,9,10)/t4-,5+/m0/s1. The van der Waals surface area contributed by atoms with E-state index in [4.69, 9.17) is 5.11 Å². The van der Waals surface area contributed by atoms with Crippen molar-refractivity contribution in [3.05, 3.63) is 0 Å². The van der Waals surface area contributed by atoms with Crippen LogP contribution in [0.3, 0.4) is 0 Å². The summed E-state index contributed by atoms with van der Waals surface area (Å²) in [4.78, 5) is 10.2. The third kappa shape index (κ3) is 1.60. The molecule has 10 heavy (non-hydrogen) atoms. The van der Waals surface area contributed by atoms with Crippen molar-refractivity contribution < 1.29 is 9.90 Å². The number of hydrogen-bond acceptors (Lipinski definition) is 2. The Morgan fingerprint density at radius 2 is 2.40 bits per heavy atom. The Hall–Kier alpha value is -0.770. The maximum absolute atomic E-state index is 10.2. The first kappa shape index (κ1) is 7.34. The summed E-state index contributed by atoms with van der Waals surface area (Å²) in [7, 11) is 0. The van der Waals surface area contributed by atoms with Gasteiger partial charge in [-0.25, -0.2) is 4.79 Å². The van der Waals surface area contributed by atoms with Gasteiger partial charge in [0.1, 0.15) is 0 Å². The molecule has 0 saturated carbocycles. The minimum Gasteiger partial charge on any atom is -0.465 e. The summed E-state index contributed by atoms with van der Waals surface area (Å²) in [6.07, 6.45) is -0.930. The highest BCUT2D eigenvalue weighted by atomic mass is 16.4. The van der Waals surface area contributed by atoms with Crippen LogP contribution in [0.5, 0.6) is 0 Å². The smallest absolute Gasteiger partial charge is 0.404 e. The van der Waals surface area contributed by atoms with Crippen molar-refractivity contribution in [3.63, 3.8) is 0 Å². The summed E-state index contributed by atoms with van der Waals surface area (Å²) in [6.45, 7) is 3.69. The minimum absolute atomic E-state index is 0.0949. The molecular weight excluding hydrogens is 132 g/mol. The number of hydrogen-bond donors (Lipinski definition) is 3. The Labute approximate surface area is 59.6 Å². The molecule has 2 atom stereocenters. The van der Waals surface area contributed by atoms with Crippen molar-refractivity contribution in [2.45, 2.75) is 13.0 Å². The predicted molar refractivity (Wildman–Crippen MR) is 37.0 cm³/mol. The molecule has 1 fully saturated rings. The van der Waals surface area contributed by atoms with Crippen molar-refractivity contribution >= 4 is 6.09 Å². The van der Waals surface area contributed by atoms with Gasteiger partial charge in [0.05, 0.1) is 0 Å². The van der Waals surface area contributed by atoms with Gasteiger partial charge in [0, 0.05) is 12.6 Å². The average molecular weight is 144 g/mol. The van der Waals surface area contributed by atoms with E-state index in [0.717, 1.165) is 13.1 Å². The van der Waals surface area contributed by atoms with E-state index in [1.165, 1.54) is 0 Å². The molecule has 1 amide bonds. The van der Waals surface area contributed by atoms with Gasteiger partial charge in [-0.2, -0.15) is 0 Å². The molecule has 1 saturated heterocycles. The van der Waals surface area contributed by atoms with Crippen LogP contribution in [0.4, 0.5) is 4.79 Å². The largest absolute Gasteiger partial charge is 0.465 e. The molecule has 1 aliphatic heterocycles. The third-order valence-corrected chi connectivity index (χ3v) is 1.83. The Morgan fingerprint density at radius 1 is 1.70 bits per heavy atom.